The summed E-state index contributed by atoms with van der Waals surface area (Å²) in [6.07, 6.45) is -5.15. The highest BCUT2D eigenvalue weighted by Gasteiger charge is 2.26. The molecule has 10 heteroatoms. The predicted octanol–water partition coefficient (Wildman–Crippen LogP) is 3.59. The van der Waals surface area contributed by atoms with Crippen LogP contribution in [0.25, 0.3) is 0 Å². The molecule has 0 atom stereocenters. The van der Waals surface area contributed by atoms with Crippen LogP contribution in [0.5, 0.6) is 0 Å². The average Bonchev–Trinajstić information content (AvgIpc) is 2.65. The Morgan fingerprint density at radius 1 is 1.10 bits per heavy atom. The molecule has 0 saturated carbocycles. The van der Waals surface area contributed by atoms with E-state index in [1.807, 2.05) is 17.9 Å². The molecule has 0 bridgehead atoms. The maximum absolute atomic E-state index is 14.6. The monoisotopic (exact) mass is 531 g/mol. The van der Waals surface area contributed by atoms with Crippen LogP contribution in [-0.2, 0) is 6.54 Å². The van der Waals surface area contributed by atoms with E-state index in [2.05, 4.69) is 27.4 Å². The first kappa shape index (κ1) is 25.7. The molecule has 2 rings (SSSR count). The van der Waals surface area contributed by atoms with Gasteiger partial charge in [-0.3, -0.25) is 0 Å². The first-order valence-corrected chi connectivity index (χ1v) is 9.67. The van der Waals surface area contributed by atoms with Gasteiger partial charge >= 0.3 is 6.18 Å². The molecule has 0 aromatic heterocycles. The van der Waals surface area contributed by atoms with Crippen molar-refractivity contribution in [2.24, 2.45) is 4.99 Å². The lowest BCUT2D eigenvalue weighted by Gasteiger charge is -2.35. The van der Waals surface area contributed by atoms with Crippen LogP contribution in [0.2, 0.25) is 0 Å². The number of alkyl halides is 3. The van der Waals surface area contributed by atoms with Gasteiger partial charge in [-0.1, -0.05) is 13.0 Å². The summed E-state index contributed by atoms with van der Waals surface area (Å²) in [6.45, 7) is 8.79. The third-order valence-electron chi connectivity index (χ3n) is 4.64. The molecule has 0 spiro atoms. The van der Waals surface area contributed by atoms with Gasteiger partial charge in [-0.05, 0) is 31.2 Å². The van der Waals surface area contributed by atoms with Crippen LogP contribution in [0.15, 0.2) is 23.2 Å². The lowest BCUT2D eigenvalue weighted by Crippen LogP contribution is -2.46. The lowest BCUT2D eigenvalue weighted by molar-refractivity contribution is -0.132. The molecular weight excluding hydrogens is 501 g/mol. The molecule has 1 aromatic rings. The summed E-state index contributed by atoms with van der Waals surface area (Å²) in [5.41, 5.74) is 1.25. The molecule has 1 saturated heterocycles. The van der Waals surface area contributed by atoms with Crippen molar-refractivity contribution >= 4 is 35.6 Å². The normalized spacial score (nSPS) is 15.8. The first-order chi connectivity index (χ1) is 13.3. The largest absolute Gasteiger partial charge is 0.390 e. The second-order valence-corrected chi connectivity index (χ2v) is 6.69. The van der Waals surface area contributed by atoms with E-state index >= 15 is 0 Å². The molecule has 166 valence electrons. The molecule has 0 radical (unpaired) electrons. The summed E-state index contributed by atoms with van der Waals surface area (Å²) in [5, 5.41) is 5.54. The number of piperazine rings is 1. The van der Waals surface area contributed by atoms with Crippen molar-refractivity contribution in [3.63, 3.8) is 0 Å². The van der Waals surface area contributed by atoms with Crippen LogP contribution < -0.4 is 15.5 Å². The maximum atomic E-state index is 14.6. The van der Waals surface area contributed by atoms with Crippen molar-refractivity contribution in [2.45, 2.75) is 33.0 Å². The summed E-state index contributed by atoms with van der Waals surface area (Å²) >= 11 is 0. The van der Waals surface area contributed by atoms with E-state index in [4.69, 9.17) is 0 Å². The van der Waals surface area contributed by atoms with E-state index in [-0.39, 0.29) is 48.8 Å². The zero-order valence-corrected chi connectivity index (χ0v) is 19.2. The van der Waals surface area contributed by atoms with Crippen molar-refractivity contribution in [1.82, 2.24) is 15.5 Å². The summed E-state index contributed by atoms with van der Waals surface area (Å²) in [7, 11) is 0. The Morgan fingerprint density at radius 3 is 2.34 bits per heavy atom. The molecule has 1 heterocycles. The molecule has 1 fully saturated rings. The minimum absolute atomic E-state index is 0. The van der Waals surface area contributed by atoms with Gasteiger partial charge in [0, 0.05) is 39.3 Å². The van der Waals surface area contributed by atoms with Crippen molar-refractivity contribution in [1.29, 1.82) is 0 Å². The number of hydrogen-bond donors (Lipinski definition) is 2. The third-order valence-corrected chi connectivity index (χ3v) is 4.64. The molecule has 2 N–H and O–H groups in total. The van der Waals surface area contributed by atoms with Crippen LogP contribution in [0.4, 0.5) is 23.2 Å². The third kappa shape index (κ3) is 8.93. The number of aliphatic imine (C=N–C) groups is 1. The molecule has 0 unspecified atom stereocenters. The molecule has 29 heavy (non-hydrogen) atoms. The van der Waals surface area contributed by atoms with E-state index in [0.717, 1.165) is 32.7 Å². The Bertz CT molecular complexity index is 646. The fraction of sp³-hybridized carbons (Fsp3) is 0.632. The SMILES string of the molecule is CCNC(=NCc1ccc(N2CCN(CC)CC2)c(F)c1)NCCC(F)(F)F.I. The zero-order chi connectivity index (χ0) is 20.6. The van der Waals surface area contributed by atoms with E-state index < -0.39 is 12.6 Å². The lowest BCUT2D eigenvalue weighted by atomic mass is 10.1. The van der Waals surface area contributed by atoms with Crippen LogP contribution in [0, 0.1) is 5.82 Å². The smallest absolute Gasteiger partial charge is 0.367 e. The highest BCUT2D eigenvalue weighted by Crippen LogP contribution is 2.22. The molecule has 0 amide bonds. The Labute approximate surface area is 186 Å². The number of nitrogens with one attached hydrogen (secondary N) is 2. The van der Waals surface area contributed by atoms with E-state index in [1.54, 1.807) is 6.07 Å². The summed E-state index contributed by atoms with van der Waals surface area (Å²) in [5.74, 6) is -0.0143. The van der Waals surface area contributed by atoms with Crippen LogP contribution in [0.1, 0.15) is 25.8 Å². The van der Waals surface area contributed by atoms with Crippen molar-refractivity contribution in [3.05, 3.63) is 29.6 Å². The van der Waals surface area contributed by atoms with Crippen molar-refractivity contribution in [2.75, 3.05) is 50.7 Å². The van der Waals surface area contributed by atoms with Crippen LogP contribution in [-0.4, -0.2) is 62.8 Å². The van der Waals surface area contributed by atoms with Gasteiger partial charge in [0.05, 0.1) is 18.7 Å². The molecule has 5 nitrogen and oxygen atoms in total. The predicted molar refractivity (Wildman–Crippen MR) is 120 cm³/mol. The standard InChI is InChI=1S/C19H29F4N5.HI/c1-3-24-18(25-8-7-19(21,22)23)26-14-15-5-6-17(16(20)13-15)28-11-9-27(4-2)10-12-28;/h5-6,13H,3-4,7-12,14H2,1-2H3,(H2,24,25,26);1H. The zero-order valence-electron chi connectivity index (χ0n) is 16.9. The fourth-order valence-electron chi connectivity index (χ4n) is 3.04. The van der Waals surface area contributed by atoms with Gasteiger partial charge in [-0.15, -0.1) is 24.0 Å². The highest BCUT2D eigenvalue weighted by molar-refractivity contribution is 14.0. The molecule has 0 aliphatic carbocycles. The summed E-state index contributed by atoms with van der Waals surface area (Å²) < 4.78 is 51.4. The van der Waals surface area contributed by atoms with Crippen molar-refractivity contribution < 1.29 is 17.6 Å². The highest BCUT2D eigenvalue weighted by atomic mass is 127. The minimum Gasteiger partial charge on any atom is -0.367 e. The van der Waals surface area contributed by atoms with Crippen LogP contribution in [0.3, 0.4) is 0 Å². The Hall–Kier alpha value is -1.30. The summed E-state index contributed by atoms with van der Waals surface area (Å²) in [4.78, 5) is 8.61. The maximum Gasteiger partial charge on any atom is 0.390 e. The van der Waals surface area contributed by atoms with Gasteiger partial charge in [0.15, 0.2) is 5.96 Å². The van der Waals surface area contributed by atoms with Gasteiger partial charge in [-0.2, -0.15) is 13.2 Å². The number of hydrogen-bond acceptors (Lipinski definition) is 3. The molecular formula is C19H30F4IN5. The summed E-state index contributed by atoms with van der Waals surface area (Å²) in [6, 6.07) is 5.02. The van der Waals surface area contributed by atoms with Crippen LogP contribution >= 0.6 is 24.0 Å². The second kappa shape index (κ2) is 12.4. The van der Waals surface area contributed by atoms with Gasteiger partial charge in [0.1, 0.15) is 5.82 Å². The topological polar surface area (TPSA) is 42.9 Å². The van der Waals surface area contributed by atoms with E-state index in [0.29, 0.717) is 17.8 Å². The Kier molecular flexibility index (Phi) is 11.0. The molecule has 1 aromatic carbocycles. The number of rotatable bonds is 7. The van der Waals surface area contributed by atoms with Gasteiger partial charge in [0.25, 0.3) is 0 Å². The Morgan fingerprint density at radius 2 is 1.79 bits per heavy atom. The Balaban J connectivity index is 0.00000420. The average molecular weight is 531 g/mol. The van der Waals surface area contributed by atoms with Gasteiger partial charge in [0.2, 0.25) is 0 Å². The van der Waals surface area contributed by atoms with Gasteiger partial charge in [-0.25, -0.2) is 9.38 Å². The second-order valence-electron chi connectivity index (χ2n) is 6.69. The number of benzene rings is 1. The van der Waals surface area contributed by atoms with E-state index in [1.165, 1.54) is 6.07 Å². The minimum atomic E-state index is -4.22. The van der Waals surface area contributed by atoms with Crippen molar-refractivity contribution in [3.8, 4) is 0 Å². The first-order valence-electron chi connectivity index (χ1n) is 9.67. The molecule has 1 aliphatic rings. The van der Waals surface area contributed by atoms with E-state index in [9.17, 15) is 17.6 Å². The van der Waals surface area contributed by atoms with Gasteiger partial charge < -0.3 is 20.4 Å². The fourth-order valence-corrected chi connectivity index (χ4v) is 3.04. The number of nitrogens with zero attached hydrogens (tertiary/aromatic N) is 3. The number of guanidine groups is 1. The molecule has 1 aliphatic heterocycles. The number of likely N-dealkylation sites (N-methyl/N-ethyl adjacent to an activating group) is 1. The number of anilines is 1. The quantitative estimate of drug-likeness (QED) is 0.245. The number of halogens is 5.